The summed E-state index contributed by atoms with van der Waals surface area (Å²) in [5.74, 6) is 1.07. The lowest BCUT2D eigenvalue weighted by molar-refractivity contribution is -0.171. The maximum absolute atomic E-state index is 13.0. The Morgan fingerprint density at radius 1 is 0.647 bits per heavy atom. The second-order valence-corrected chi connectivity index (χ2v) is 11.5. The minimum atomic E-state index is -0.475. The summed E-state index contributed by atoms with van der Waals surface area (Å²) in [5.41, 5.74) is 1.21. The van der Waals surface area contributed by atoms with E-state index < -0.39 is 12.2 Å². The lowest BCUT2D eigenvalue weighted by Gasteiger charge is -2.62. The van der Waals surface area contributed by atoms with Crippen LogP contribution in [-0.4, -0.2) is 24.1 Å². The standard InChI is InChI=1S/C30H38O4/c1-19-20(2)30(5,6)24-18-26(34-28(32)22-15-11-8-12-16-22)25(17-23(24)29(19,3)4)33-27(31)21-13-9-7-10-14-21/h7-16,19-20,23-26H,17-18H2,1-6H3. The topological polar surface area (TPSA) is 52.6 Å². The van der Waals surface area contributed by atoms with Crippen LogP contribution in [0.4, 0.5) is 0 Å². The second kappa shape index (κ2) is 9.20. The van der Waals surface area contributed by atoms with Crippen molar-refractivity contribution in [2.75, 3.05) is 0 Å². The third-order valence-electron chi connectivity index (χ3n) is 9.42. The van der Waals surface area contributed by atoms with Crippen molar-refractivity contribution in [1.82, 2.24) is 0 Å². The molecule has 0 N–H and O–H groups in total. The Morgan fingerprint density at radius 2 is 0.971 bits per heavy atom. The summed E-state index contributed by atoms with van der Waals surface area (Å²) in [5, 5.41) is 0. The van der Waals surface area contributed by atoms with E-state index in [0.29, 0.717) is 47.6 Å². The summed E-state index contributed by atoms with van der Waals surface area (Å²) in [6.45, 7) is 14.1. The third kappa shape index (κ3) is 4.39. The highest BCUT2D eigenvalue weighted by Gasteiger charge is 2.59. The Hall–Kier alpha value is -2.62. The maximum Gasteiger partial charge on any atom is 0.338 e. The average Bonchev–Trinajstić information content (AvgIpc) is 2.83. The molecule has 0 aromatic heterocycles. The molecule has 6 atom stereocenters. The highest BCUT2D eigenvalue weighted by atomic mass is 16.6. The van der Waals surface area contributed by atoms with Gasteiger partial charge in [0.2, 0.25) is 0 Å². The SMILES string of the molecule is CC1C(C)C(C)(C)C2CC(OC(=O)c3ccccc3)C(OC(=O)c3ccccc3)CC2C1(C)C. The van der Waals surface area contributed by atoms with Gasteiger partial charge in [-0.05, 0) is 71.6 Å². The number of carbonyl (C=O) groups excluding carboxylic acids is 2. The van der Waals surface area contributed by atoms with Gasteiger partial charge in [-0.15, -0.1) is 0 Å². The molecule has 182 valence electrons. The smallest absolute Gasteiger partial charge is 0.338 e. The summed E-state index contributed by atoms with van der Waals surface area (Å²) < 4.78 is 12.2. The first-order chi connectivity index (χ1) is 16.0. The first kappa shape index (κ1) is 24.5. The van der Waals surface area contributed by atoms with Crippen LogP contribution in [0.15, 0.2) is 60.7 Å². The minimum absolute atomic E-state index is 0.0887. The first-order valence-electron chi connectivity index (χ1n) is 12.6. The van der Waals surface area contributed by atoms with Crippen molar-refractivity contribution in [3.05, 3.63) is 71.8 Å². The monoisotopic (exact) mass is 462 g/mol. The van der Waals surface area contributed by atoms with Crippen molar-refractivity contribution in [2.24, 2.45) is 34.5 Å². The van der Waals surface area contributed by atoms with Crippen molar-refractivity contribution in [2.45, 2.75) is 66.6 Å². The van der Waals surface area contributed by atoms with Crippen LogP contribution in [0.25, 0.3) is 0 Å². The van der Waals surface area contributed by atoms with Gasteiger partial charge >= 0.3 is 11.9 Å². The zero-order valence-corrected chi connectivity index (χ0v) is 21.3. The molecule has 0 aliphatic heterocycles. The van der Waals surface area contributed by atoms with Crippen molar-refractivity contribution >= 4 is 11.9 Å². The zero-order valence-electron chi connectivity index (χ0n) is 21.3. The summed E-state index contributed by atoms with van der Waals surface area (Å²) in [4.78, 5) is 26.0. The van der Waals surface area contributed by atoms with Crippen LogP contribution in [0.2, 0.25) is 0 Å². The number of esters is 2. The fourth-order valence-electron chi connectivity index (χ4n) is 6.55. The van der Waals surface area contributed by atoms with Crippen molar-refractivity contribution in [3.8, 4) is 0 Å². The Morgan fingerprint density at radius 3 is 1.29 bits per heavy atom. The Bertz CT molecular complexity index is 927. The van der Waals surface area contributed by atoms with E-state index in [4.69, 9.17) is 9.47 Å². The van der Waals surface area contributed by atoms with E-state index in [9.17, 15) is 9.59 Å². The molecule has 0 heterocycles. The van der Waals surface area contributed by atoms with Crippen molar-refractivity contribution in [3.63, 3.8) is 0 Å². The number of rotatable bonds is 4. The van der Waals surface area contributed by atoms with E-state index in [1.54, 1.807) is 24.3 Å². The predicted octanol–water partition coefficient (Wildman–Crippen LogP) is 6.80. The van der Waals surface area contributed by atoms with Gasteiger partial charge in [-0.3, -0.25) is 0 Å². The Balaban J connectivity index is 1.65. The predicted molar refractivity (Wildman–Crippen MR) is 133 cm³/mol. The summed E-state index contributed by atoms with van der Waals surface area (Å²) in [7, 11) is 0. The summed E-state index contributed by atoms with van der Waals surface area (Å²) >= 11 is 0. The molecule has 0 saturated heterocycles. The first-order valence-corrected chi connectivity index (χ1v) is 12.6. The number of fused-ring (bicyclic) bond motifs is 1. The molecule has 2 aromatic rings. The third-order valence-corrected chi connectivity index (χ3v) is 9.42. The van der Waals surface area contributed by atoms with Crippen LogP contribution < -0.4 is 0 Å². The minimum Gasteiger partial charge on any atom is -0.455 e. The number of carbonyl (C=O) groups is 2. The van der Waals surface area contributed by atoms with Gasteiger partial charge in [-0.2, -0.15) is 0 Å². The number of hydrogen-bond acceptors (Lipinski definition) is 4. The van der Waals surface area contributed by atoms with Crippen LogP contribution in [0.1, 0.15) is 75.1 Å². The Kier molecular flexibility index (Phi) is 6.63. The van der Waals surface area contributed by atoms with Gasteiger partial charge in [0.05, 0.1) is 11.1 Å². The normalized spacial score (nSPS) is 31.7. The van der Waals surface area contributed by atoms with Crippen LogP contribution in [0.5, 0.6) is 0 Å². The molecule has 0 spiro atoms. The fraction of sp³-hybridized carbons (Fsp3) is 0.533. The molecule has 6 unspecified atom stereocenters. The van der Waals surface area contributed by atoms with Gasteiger partial charge in [0.1, 0.15) is 12.2 Å². The number of ether oxygens (including phenoxy) is 2. The summed E-state index contributed by atoms with van der Waals surface area (Å²) in [6, 6.07) is 18.1. The van der Waals surface area contributed by atoms with Crippen LogP contribution in [-0.2, 0) is 9.47 Å². The second-order valence-electron chi connectivity index (χ2n) is 11.5. The molecule has 4 heteroatoms. The van der Waals surface area contributed by atoms with Crippen LogP contribution in [0.3, 0.4) is 0 Å². The van der Waals surface area contributed by atoms with E-state index in [1.807, 2.05) is 36.4 Å². The molecular weight excluding hydrogens is 424 g/mol. The summed E-state index contributed by atoms with van der Waals surface area (Å²) in [6.07, 6.45) is 0.446. The lowest BCUT2D eigenvalue weighted by atomic mass is 9.44. The van der Waals surface area contributed by atoms with Crippen molar-refractivity contribution in [1.29, 1.82) is 0 Å². The van der Waals surface area contributed by atoms with E-state index in [-0.39, 0.29) is 22.8 Å². The molecule has 4 nitrogen and oxygen atoms in total. The molecule has 4 rings (SSSR count). The van der Waals surface area contributed by atoms with E-state index in [2.05, 4.69) is 41.5 Å². The molecular formula is C30H38O4. The molecule has 2 fully saturated rings. The highest BCUT2D eigenvalue weighted by molar-refractivity contribution is 5.90. The molecule has 2 aliphatic carbocycles. The van der Waals surface area contributed by atoms with Gasteiger partial charge in [0.25, 0.3) is 0 Å². The molecule has 0 bridgehead atoms. The van der Waals surface area contributed by atoms with Gasteiger partial charge in [0, 0.05) is 0 Å². The highest BCUT2D eigenvalue weighted by Crippen LogP contribution is 2.62. The molecule has 0 amide bonds. The molecule has 0 radical (unpaired) electrons. The van der Waals surface area contributed by atoms with Gasteiger partial charge in [-0.1, -0.05) is 77.9 Å². The molecule has 2 aliphatic rings. The maximum atomic E-state index is 13.0. The van der Waals surface area contributed by atoms with E-state index in [1.165, 1.54) is 0 Å². The van der Waals surface area contributed by atoms with Gasteiger partial charge in [-0.25, -0.2) is 9.59 Å². The quantitative estimate of drug-likeness (QED) is 0.469. The zero-order chi connectivity index (χ0) is 24.7. The average molecular weight is 463 g/mol. The Labute approximate surface area is 204 Å². The van der Waals surface area contributed by atoms with Crippen LogP contribution in [0, 0.1) is 34.5 Å². The van der Waals surface area contributed by atoms with Crippen molar-refractivity contribution < 1.29 is 19.1 Å². The largest absolute Gasteiger partial charge is 0.455 e. The lowest BCUT2D eigenvalue weighted by Crippen LogP contribution is -2.59. The fourth-order valence-corrected chi connectivity index (χ4v) is 6.55. The number of hydrogen-bond donors (Lipinski definition) is 0. The molecule has 34 heavy (non-hydrogen) atoms. The number of benzene rings is 2. The van der Waals surface area contributed by atoms with Crippen LogP contribution >= 0.6 is 0 Å². The van der Waals surface area contributed by atoms with Gasteiger partial charge in [0.15, 0.2) is 0 Å². The van der Waals surface area contributed by atoms with E-state index >= 15 is 0 Å². The molecule has 2 aromatic carbocycles. The molecule has 2 saturated carbocycles. The van der Waals surface area contributed by atoms with E-state index in [0.717, 1.165) is 0 Å². The van der Waals surface area contributed by atoms with Gasteiger partial charge < -0.3 is 9.47 Å².